The highest BCUT2D eigenvalue weighted by atomic mass is 16.5. The highest BCUT2D eigenvalue weighted by Gasteiger charge is 2.34. The van der Waals surface area contributed by atoms with Crippen molar-refractivity contribution in [3.8, 4) is 0 Å². The summed E-state index contributed by atoms with van der Waals surface area (Å²) in [5.74, 6) is 2.05. The Hall–Kier alpha value is -0.570. The first-order valence-electron chi connectivity index (χ1n) is 12.8. The molecular weight excluding hydrogens is 358 g/mol. The summed E-state index contributed by atoms with van der Waals surface area (Å²) >= 11 is 0. The topological polar surface area (TPSA) is 29.5 Å². The fourth-order valence-electron chi connectivity index (χ4n) is 4.81. The van der Waals surface area contributed by atoms with E-state index in [2.05, 4.69) is 30.7 Å². The largest absolute Gasteiger partial charge is 0.469 e. The van der Waals surface area contributed by atoms with E-state index in [4.69, 9.17) is 0 Å². The van der Waals surface area contributed by atoms with Gasteiger partial charge in [0.2, 0.25) is 0 Å². The summed E-state index contributed by atoms with van der Waals surface area (Å²) in [4.78, 5) is 13.5. The fourth-order valence-corrected chi connectivity index (χ4v) is 4.81. The lowest BCUT2D eigenvalue weighted by molar-refractivity contribution is -0.140. The minimum atomic E-state index is -0.0595. The smallest absolute Gasteiger partial charge is 0.305 e. The summed E-state index contributed by atoms with van der Waals surface area (Å²) in [5.41, 5.74) is 0. The lowest BCUT2D eigenvalue weighted by atomic mass is 10.0. The monoisotopic (exact) mass is 409 g/mol. The first kappa shape index (κ1) is 26.5. The molecule has 0 aromatic carbocycles. The Bertz CT molecular complexity index is 396. The van der Waals surface area contributed by atoms with Crippen LogP contribution < -0.4 is 0 Å². The first-order valence-corrected chi connectivity index (χ1v) is 12.8. The van der Waals surface area contributed by atoms with Crippen LogP contribution >= 0.6 is 0 Å². The molecular formula is C26H51NO2. The number of unbranched alkanes of at least 4 members (excludes halogenated alkanes) is 9. The molecule has 3 atom stereocenters. The standard InChI is InChI=1S/C26H51NO2/c1-5-17-25(27(2)3)20-15-11-7-6-9-13-18-23-22-24(23)19-14-10-8-12-16-21-26(28)29-4/h23-25H,5-22H2,1-4H3. The lowest BCUT2D eigenvalue weighted by Gasteiger charge is -2.23. The van der Waals surface area contributed by atoms with Gasteiger partial charge in [-0.2, -0.15) is 0 Å². The van der Waals surface area contributed by atoms with Gasteiger partial charge < -0.3 is 9.64 Å². The quantitative estimate of drug-likeness (QED) is 0.155. The Labute approximate surface area is 182 Å². The van der Waals surface area contributed by atoms with Gasteiger partial charge in [0, 0.05) is 12.5 Å². The minimum absolute atomic E-state index is 0.0595. The van der Waals surface area contributed by atoms with Gasteiger partial charge in [-0.05, 0) is 51.6 Å². The highest BCUT2D eigenvalue weighted by molar-refractivity contribution is 5.68. The first-order chi connectivity index (χ1) is 14.1. The van der Waals surface area contributed by atoms with Crippen molar-refractivity contribution in [1.82, 2.24) is 4.90 Å². The summed E-state index contributed by atoms with van der Waals surface area (Å²) in [6.45, 7) is 2.30. The Kier molecular flexibility index (Phi) is 15.6. The van der Waals surface area contributed by atoms with Crippen molar-refractivity contribution in [2.24, 2.45) is 11.8 Å². The SMILES string of the molecule is CCCC(CCCCCCCCC1CC1CCCCCCCC(=O)OC)N(C)C. The van der Waals surface area contributed by atoms with E-state index in [0.717, 1.165) is 24.3 Å². The Morgan fingerprint density at radius 2 is 1.34 bits per heavy atom. The normalized spacial score (nSPS) is 19.5. The van der Waals surface area contributed by atoms with Crippen molar-refractivity contribution in [1.29, 1.82) is 0 Å². The Morgan fingerprint density at radius 3 is 1.86 bits per heavy atom. The van der Waals surface area contributed by atoms with Crippen LogP contribution in [-0.4, -0.2) is 38.1 Å². The second kappa shape index (κ2) is 17.1. The lowest BCUT2D eigenvalue weighted by Crippen LogP contribution is -2.27. The Balaban J connectivity index is 1.82. The third-order valence-corrected chi connectivity index (χ3v) is 6.97. The molecule has 0 heterocycles. The van der Waals surface area contributed by atoms with E-state index in [0.29, 0.717) is 6.42 Å². The molecule has 0 bridgehead atoms. The van der Waals surface area contributed by atoms with Gasteiger partial charge >= 0.3 is 5.97 Å². The van der Waals surface area contributed by atoms with Crippen LogP contribution in [0.3, 0.4) is 0 Å². The van der Waals surface area contributed by atoms with Crippen molar-refractivity contribution in [2.75, 3.05) is 21.2 Å². The van der Waals surface area contributed by atoms with E-state index in [-0.39, 0.29) is 5.97 Å². The average molecular weight is 410 g/mol. The van der Waals surface area contributed by atoms with Crippen molar-refractivity contribution in [3.63, 3.8) is 0 Å². The molecule has 0 aromatic heterocycles. The molecule has 1 saturated carbocycles. The second-order valence-electron chi connectivity index (χ2n) is 9.74. The zero-order chi connectivity index (χ0) is 21.3. The van der Waals surface area contributed by atoms with Gasteiger partial charge in [0.1, 0.15) is 0 Å². The van der Waals surface area contributed by atoms with Gasteiger partial charge in [0.25, 0.3) is 0 Å². The third-order valence-electron chi connectivity index (χ3n) is 6.97. The third kappa shape index (κ3) is 14.1. The zero-order valence-corrected chi connectivity index (χ0v) is 20.2. The predicted octanol–water partition coefficient (Wildman–Crippen LogP) is 7.38. The van der Waals surface area contributed by atoms with Gasteiger partial charge in [-0.15, -0.1) is 0 Å². The molecule has 1 aliphatic carbocycles. The minimum Gasteiger partial charge on any atom is -0.469 e. The van der Waals surface area contributed by atoms with Crippen LogP contribution in [0.25, 0.3) is 0 Å². The maximum absolute atomic E-state index is 11.1. The molecule has 172 valence electrons. The van der Waals surface area contributed by atoms with Gasteiger partial charge in [0.05, 0.1) is 7.11 Å². The van der Waals surface area contributed by atoms with Gasteiger partial charge in [-0.3, -0.25) is 4.79 Å². The molecule has 1 rings (SSSR count). The number of carbonyl (C=O) groups is 1. The molecule has 0 aromatic rings. The van der Waals surface area contributed by atoms with E-state index in [1.165, 1.54) is 110 Å². The fraction of sp³-hybridized carbons (Fsp3) is 0.962. The van der Waals surface area contributed by atoms with Crippen molar-refractivity contribution in [2.45, 2.75) is 129 Å². The van der Waals surface area contributed by atoms with E-state index in [1.807, 2.05) is 0 Å². The maximum Gasteiger partial charge on any atom is 0.305 e. The maximum atomic E-state index is 11.1. The van der Waals surface area contributed by atoms with E-state index in [9.17, 15) is 4.79 Å². The molecule has 0 saturated heterocycles. The molecule has 0 aliphatic heterocycles. The van der Waals surface area contributed by atoms with Gasteiger partial charge in [0.15, 0.2) is 0 Å². The number of nitrogens with zero attached hydrogens (tertiary/aromatic N) is 1. The average Bonchev–Trinajstić information content (AvgIpc) is 3.46. The van der Waals surface area contributed by atoms with Crippen LogP contribution in [0, 0.1) is 11.8 Å². The van der Waals surface area contributed by atoms with Crippen molar-refractivity contribution >= 4 is 5.97 Å². The summed E-state index contributed by atoms with van der Waals surface area (Å²) in [6.07, 6.45) is 23.9. The van der Waals surface area contributed by atoms with E-state index < -0.39 is 0 Å². The summed E-state index contributed by atoms with van der Waals surface area (Å²) in [7, 11) is 5.95. The van der Waals surface area contributed by atoms with Crippen LogP contribution in [0.1, 0.15) is 122 Å². The van der Waals surface area contributed by atoms with Gasteiger partial charge in [-0.1, -0.05) is 90.4 Å². The number of carbonyl (C=O) groups excluding carboxylic acids is 1. The molecule has 3 heteroatoms. The van der Waals surface area contributed by atoms with E-state index >= 15 is 0 Å². The summed E-state index contributed by atoms with van der Waals surface area (Å²) in [5, 5.41) is 0. The molecule has 0 radical (unpaired) electrons. The van der Waals surface area contributed by atoms with Crippen LogP contribution in [0.2, 0.25) is 0 Å². The van der Waals surface area contributed by atoms with Crippen molar-refractivity contribution < 1.29 is 9.53 Å². The zero-order valence-electron chi connectivity index (χ0n) is 20.2. The molecule has 29 heavy (non-hydrogen) atoms. The predicted molar refractivity (Wildman–Crippen MR) is 125 cm³/mol. The van der Waals surface area contributed by atoms with Gasteiger partial charge in [-0.25, -0.2) is 0 Å². The molecule has 0 spiro atoms. The molecule has 1 aliphatic rings. The van der Waals surface area contributed by atoms with E-state index in [1.54, 1.807) is 0 Å². The van der Waals surface area contributed by atoms with Crippen LogP contribution in [-0.2, 0) is 9.53 Å². The number of hydrogen-bond acceptors (Lipinski definition) is 3. The second-order valence-corrected chi connectivity index (χ2v) is 9.74. The number of hydrogen-bond donors (Lipinski definition) is 0. The summed E-state index contributed by atoms with van der Waals surface area (Å²) in [6, 6.07) is 0.798. The molecule has 0 N–H and O–H groups in total. The van der Waals surface area contributed by atoms with Crippen LogP contribution in [0.4, 0.5) is 0 Å². The molecule has 1 fully saturated rings. The summed E-state index contributed by atoms with van der Waals surface area (Å²) < 4.78 is 4.68. The molecule has 0 amide bonds. The highest BCUT2D eigenvalue weighted by Crippen LogP contribution is 2.45. The number of methoxy groups -OCH3 is 1. The number of rotatable bonds is 20. The molecule has 3 unspecified atom stereocenters. The molecule has 3 nitrogen and oxygen atoms in total. The van der Waals surface area contributed by atoms with Crippen molar-refractivity contribution in [3.05, 3.63) is 0 Å². The Morgan fingerprint density at radius 1 is 0.828 bits per heavy atom. The van der Waals surface area contributed by atoms with Crippen LogP contribution in [0.5, 0.6) is 0 Å². The number of ether oxygens (including phenoxy) is 1. The van der Waals surface area contributed by atoms with Crippen LogP contribution in [0.15, 0.2) is 0 Å². The number of esters is 1.